The van der Waals surface area contributed by atoms with Crippen molar-refractivity contribution in [3.05, 3.63) is 91.3 Å². The minimum absolute atomic E-state index is 0.822. The quantitative estimate of drug-likeness (QED) is 0.300. The molecule has 4 rings (SSSR count). The van der Waals surface area contributed by atoms with Crippen LogP contribution in [0.3, 0.4) is 0 Å². The lowest BCUT2D eigenvalue weighted by Gasteiger charge is -2.10. The predicted octanol–water partition coefficient (Wildman–Crippen LogP) is 5.20. The molecule has 4 N–H and O–H groups in total. The molecule has 26 heavy (non-hydrogen) atoms. The number of aromatic amines is 1. The van der Waals surface area contributed by atoms with Crippen LogP contribution in [0.25, 0.3) is 16.7 Å². The third-order valence-electron chi connectivity index (χ3n) is 3.73. The van der Waals surface area contributed by atoms with Crippen molar-refractivity contribution < 1.29 is 0 Å². The van der Waals surface area contributed by atoms with Crippen LogP contribution in [0.2, 0.25) is 0 Å². The maximum atomic E-state index is 5.36. The van der Waals surface area contributed by atoms with E-state index < -0.39 is 0 Å². The molecule has 0 radical (unpaired) electrons. The van der Waals surface area contributed by atoms with Crippen molar-refractivity contribution >= 4 is 40.7 Å². The zero-order valence-electron chi connectivity index (χ0n) is 14.2. The van der Waals surface area contributed by atoms with E-state index in [1.807, 2.05) is 72.8 Å². The summed E-state index contributed by atoms with van der Waals surface area (Å²) in [6, 6.07) is 23.3. The second-order valence-electron chi connectivity index (χ2n) is 5.70. The van der Waals surface area contributed by atoms with E-state index in [1.54, 1.807) is 6.33 Å². The van der Waals surface area contributed by atoms with E-state index in [1.165, 1.54) is 0 Å². The first kappa shape index (κ1) is 17.6. The van der Waals surface area contributed by atoms with Gasteiger partial charge in [-0.3, -0.25) is 0 Å². The van der Waals surface area contributed by atoms with Crippen LogP contribution in [0.1, 0.15) is 5.56 Å². The summed E-state index contributed by atoms with van der Waals surface area (Å²) in [6.45, 7) is 4.07. The molecule has 0 saturated carbocycles. The van der Waals surface area contributed by atoms with E-state index >= 15 is 0 Å². The normalized spacial score (nSPS) is 10.0. The van der Waals surface area contributed by atoms with Crippen molar-refractivity contribution in [3.63, 3.8) is 0 Å². The number of anilines is 2. The maximum absolute atomic E-state index is 5.36. The fourth-order valence-corrected chi connectivity index (χ4v) is 2.52. The number of fused-ring (bicyclic) bond motifs is 1. The lowest BCUT2D eigenvalue weighted by atomic mass is 10.1. The number of aromatic nitrogens is 2. The Morgan fingerprint density at radius 2 is 1.73 bits per heavy atom. The average molecular weight is 360 g/mol. The molecule has 1 aromatic heterocycles. The lowest BCUT2D eigenvalue weighted by molar-refractivity contribution is 1.34. The van der Waals surface area contributed by atoms with Gasteiger partial charge < -0.3 is 16.0 Å². The maximum Gasteiger partial charge on any atom is 0.0931 e. The largest absolute Gasteiger partial charge is 0.399 e. The van der Waals surface area contributed by atoms with Gasteiger partial charge in [0.2, 0.25) is 0 Å². The summed E-state index contributed by atoms with van der Waals surface area (Å²) in [7, 11) is 0. The molecule has 0 saturated heterocycles. The number of imidazole rings is 1. The molecule has 0 aliphatic rings. The number of hydrogen-bond donors (Lipinski definition) is 4. The first-order valence-corrected chi connectivity index (χ1v) is 8.55. The number of nitrogens with zero attached hydrogens (tertiary/aromatic N) is 1. The summed E-state index contributed by atoms with van der Waals surface area (Å²) in [4.78, 5) is 8.23. The highest BCUT2D eigenvalue weighted by molar-refractivity contribution is 7.80. The van der Waals surface area contributed by atoms with Gasteiger partial charge in [-0.25, -0.2) is 4.98 Å². The van der Waals surface area contributed by atoms with Crippen LogP contribution in [-0.4, -0.2) is 9.97 Å². The molecule has 4 aromatic rings. The summed E-state index contributed by atoms with van der Waals surface area (Å²) in [6.07, 6.45) is 1.69. The van der Waals surface area contributed by atoms with Gasteiger partial charge >= 0.3 is 0 Å². The number of nitrogens with two attached hydrogens (primary N) is 1. The number of nitrogen functional groups attached to an aromatic ring is 1. The standard InChI is InChI=1S/C15H13N3S.C6H7N/c1-10(18-12-3-5-13(19)6-4-12)11-2-7-14-15(8-11)17-9-16-14;7-6-4-2-1-3-5-6/h2-9,18-19H,1H2,(H,16,17);1-5H,7H2. The minimum atomic E-state index is 0.822. The zero-order chi connectivity index (χ0) is 18.4. The number of nitrogens with one attached hydrogen (secondary N) is 2. The third kappa shape index (κ3) is 4.68. The summed E-state index contributed by atoms with van der Waals surface area (Å²) in [5.74, 6) is 0. The Morgan fingerprint density at radius 1 is 1.00 bits per heavy atom. The van der Waals surface area contributed by atoms with Crippen molar-refractivity contribution in [1.82, 2.24) is 9.97 Å². The van der Waals surface area contributed by atoms with Gasteiger partial charge in [0.25, 0.3) is 0 Å². The third-order valence-corrected chi connectivity index (χ3v) is 4.03. The van der Waals surface area contributed by atoms with Crippen LogP contribution in [0.5, 0.6) is 0 Å². The number of thiol groups is 1. The molecule has 0 spiro atoms. The summed E-state index contributed by atoms with van der Waals surface area (Å²) >= 11 is 4.26. The van der Waals surface area contributed by atoms with E-state index in [0.29, 0.717) is 0 Å². The van der Waals surface area contributed by atoms with E-state index in [2.05, 4.69) is 34.5 Å². The Morgan fingerprint density at radius 3 is 2.38 bits per heavy atom. The summed E-state index contributed by atoms with van der Waals surface area (Å²) < 4.78 is 0. The van der Waals surface area contributed by atoms with Gasteiger partial charge in [0.05, 0.1) is 17.4 Å². The van der Waals surface area contributed by atoms with Crippen LogP contribution in [-0.2, 0) is 0 Å². The van der Waals surface area contributed by atoms with Crippen LogP contribution in [0.15, 0.2) is 90.6 Å². The van der Waals surface area contributed by atoms with Gasteiger partial charge in [-0.05, 0) is 54.1 Å². The Hall–Kier alpha value is -3.18. The highest BCUT2D eigenvalue weighted by Crippen LogP contribution is 2.21. The Bertz CT molecular complexity index is 991. The molecule has 130 valence electrons. The molecule has 3 aromatic carbocycles. The monoisotopic (exact) mass is 360 g/mol. The number of hydrogen-bond acceptors (Lipinski definition) is 4. The second-order valence-corrected chi connectivity index (χ2v) is 6.21. The molecular weight excluding hydrogens is 340 g/mol. The smallest absolute Gasteiger partial charge is 0.0931 e. The Kier molecular flexibility index (Phi) is 5.61. The highest BCUT2D eigenvalue weighted by atomic mass is 32.1. The van der Waals surface area contributed by atoms with Crippen molar-refractivity contribution in [2.75, 3.05) is 11.1 Å². The number of para-hydroxylation sites is 1. The second kappa shape index (κ2) is 8.27. The fourth-order valence-electron chi connectivity index (χ4n) is 2.37. The van der Waals surface area contributed by atoms with E-state index in [-0.39, 0.29) is 0 Å². The van der Waals surface area contributed by atoms with Crippen LogP contribution >= 0.6 is 12.6 Å². The van der Waals surface area contributed by atoms with Crippen molar-refractivity contribution in [2.24, 2.45) is 0 Å². The van der Waals surface area contributed by atoms with Gasteiger partial charge in [0.15, 0.2) is 0 Å². The average Bonchev–Trinajstić information content (AvgIpc) is 3.12. The number of H-pyrrole nitrogens is 1. The van der Waals surface area contributed by atoms with Gasteiger partial charge in [-0.1, -0.05) is 30.8 Å². The highest BCUT2D eigenvalue weighted by Gasteiger charge is 2.02. The molecule has 0 unspecified atom stereocenters. The van der Waals surface area contributed by atoms with Crippen molar-refractivity contribution in [3.8, 4) is 0 Å². The van der Waals surface area contributed by atoms with Crippen molar-refractivity contribution in [2.45, 2.75) is 4.90 Å². The van der Waals surface area contributed by atoms with E-state index in [9.17, 15) is 0 Å². The van der Waals surface area contributed by atoms with Crippen LogP contribution < -0.4 is 11.1 Å². The molecule has 1 heterocycles. The fraction of sp³-hybridized carbons (Fsp3) is 0. The first-order valence-electron chi connectivity index (χ1n) is 8.11. The number of rotatable bonds is 3. The molecule has 4 nitrogen and oxygen atoms in total. The van der Waals surface area contributed by atoms with Gasteiger partial charge in [-0.2, -0.15) is 0 Å². The predicted molar refractivity (Wildman–Crippen MR) is 113 cm³/mol. The van der Waals surface area contributed by atoms with Crippen molar-refractivity contribution in [1.29, 1.82) is 0 Å². The molecule has 0 amide bonds. The summed E-state index contributed by atoms with van der Waals surface area (Å²) in [5, 5.41) is 3.28. The number of benzene rings is 3. The minimum Gasteiger partial charge on any atom is -0.399 e. The van der Waals surface area contributed by atoms with Crippen LogP contribution in [0.4, 0.5) is 11.4 Å². The SMILES string of the molecule is C=C(Nc1ccc(S)cc1)c1ccc2nc[nH]c2c1.Nc1ccccc1. The lowest BCUT2D eigenvalue weighted by Crippen LogP contribution is -1.97. The van der Waals surface area contributed by atoms with Gasteiger partial charge in [0, 0.05) is 22.0 Å². The molecule has 0 fully saturated rings. The van der Waals surface area contributed by atoms with E-state index in [0.717, 1.165) is 38.6 Å². The van der Waals surface area contributed by atoms with Gasteiger partial charge in [0.1, 0.15) is 0 Å². The summed E-state index contributed by atoms with van der Waals surface area (Å²) in [5.41, 5.74) is 11.0. The molecule has 0 aliphatic heterocycles. The Balaban J connectivity index is 0.000000236. The van der Waals surface area contributed by atoms with Gasteiger partial charge in [-0.15, -0.1) is 12.6 Å². The molecular formula is C21H20N4S. The van der Waals surface area contributed by atoms with Crippen LogP contribution in [0, 0.1) is 0 Å². The van der Waals surface area contributed by atoms with E-state index in [4.69, 9.17) is 5.73 Å². The zero-order valence-corrected chi connectivity index (χ0v) is 15.1. The molecule has 0 atom stereocenters. The topological polar surface area (TPSA) is 66.7 Å². The first-order chi connectivity index (χ1) is 12.6. The molecule has 5 heteroatoms. The molecule has 0 aliphatic carbocycles. The molecule has 0 bridgehead atoms. The Labute approximate surface area is 158 Å².